The number of thiazole rings is 1. The summed E-state index contributed by atoms with van der Waals surface area (Å²) in [5.74, 6) is 0. The molecule has 1 rings (SSSR count). The summed E-state index contributed by atoms with van der Waals surface area (Å²) in [4.78, 5) is 5.29. The highest BCUT2D eigenvalue weighted by Crippen LogP contribution is 2.03. The van der Waals surface area contributed by atoms with Gasteiger partial charge in [-0.25, -0.2) is 0 Å². The lowest BCUT2D eigenvalue weighted by molar-refractivity contribution is 0.542. The van der Waals surface area contributed by atoms with Crippen molar-refractivity contribution in [1.82, 2.24) is 15.6 Å². The number of nitrogens with zero attached hydrogens (tertiary/aromatic N) is 1. The smallest absolute Gasteiger partial charge is 0.0794 e. The number of hydrogen-bond donors (Lipinski definition) is 2. The van der Waals surface area contributed by atoms with Gasteiger partial charge in [-0.05, 0) is 14.0 Å². The van der Waals surface area contributed by atoms with Crippen LogP contribution in [-0.2, 0) is 6.54 Å². The molecule has 0 saturated heterocycles. The summed E-state index contributed by atoms with van der Waals surface area (Å²) in [6, 6.07) is 0.526. The second kappa shape index (κ2) is 5.24. The Morgan fingerprint density at radius 1 is 1.67 bits per heavy atom. The summed E-state index contributed by atoms with van der Waals surface area (Å²) in [5, 5.41) is 6.52. The quantitative estimate of drug-likeness (QED) is 0.714. The van der Waals surface area contributed by atoms with Gasteiger partial charge in [0.2, 0.25) is 0 Å². The van der Waals surface area contributed by atoms with Crippen molar-refractivity contribution in [2.75, 3.05) is 13.6 Å². The maximum absolute atomic E-state index is 4.00. The Bertz CT molecular complexity index is 198. The van der Waals surface area contributed by atoms with Gasteiger partial charge in [-0.3, -0.25) is 4.98 Å². The molecular weight excluding hydrogens is 170 g/mol. The molecule has 0 radical (unpaired) electrons. The zero-order valence-electron chi connectivity index (χ0n) is 7.50. The molecule has 1 aromatic rings. The standard InChI is InChI=1S/C8H15N3S/c1-7(9-2)3-10-4-8-5-11-6-12-8/h5-7,9-10H,3-4H2,1-2H3. The van der Waals surface area contributed by atoms with Crippen LogP contribution in [-0.4, -0.2) is 24.6 Å². The zero-order valence-corrected chi connectivity index (χ0v) is 8.32. The largest absolute Gasteiger partial charge is 0.316 e. The van der Waals surface area contributed by atoms with Crippen LogP contribution in [0.15, 0.2) is 11.7 Å². The Morgan fingerprint density at radius 2 is 2.50 bits per heavy atom. The molecule has 0 aliphatic heterocycles. The maximum atomic E-state index is 4.00. The molecule has 2 N–H and O–H groups in total. The first-order valence-electron chi connectivity index (χ1n) is 4.08. The molecule has 4 heteroatoms. The molecule has 0 amide bonds. The third-order valence-corrected chi connectivity index (χ3v) is 2.51. The van der Waals surface area contributed by atoms with Gasteiger partial charge in [0.1, 0.15) is 0 Å². The summed E-state index contributed by atoms with van der Waals surface area (Å²) in [5.41, 5.74) is 1.86. The van der Waals surface area contributed by atoms with Crippen molar-refractivity contribution in [2.24, 2.45) is 0 Å². The number of aromatic nitrogens is 1. The average Bonchev–Trinajstić information content (AvgIpc) is 2.57. The van der Waals surface area contributed by atoms with Crippen molar-refractivity contribution in [3.05, 3.63) is 16.6 Å². The van der Waals surface area contributed by atoms with E-state index in [4.69, 9.17) is 0 Å². The number of hydrogen-bond acceptors (Lipinski definition) is 4. The lowest BCUT2D eigenvalue weighted by Gasteiger charge is -2.09. The molecule has 1 atom stereocenters. The number of nitrogens with one attached hydrogen (secondary N) is 2. The first-order chi connectivity index (χ1) is 5.83. The average molecular weight is 185 g/mol. The number of rotatable bonds is 5. The van der Waals surface area contributed by atoms with E-state index in [2.05, 4.69) is 22.5 Å². The minimum Gasteiger partial charge on any atom is -0.316 e. The highest BCUT2D eigenvalue weighted by atomic mass is 32.1. The Morgan fingerprint density at radius 3 is 3.08 bits per heavy atom. The minimum absolute atomic E-state index is 0.526. The van der Waals surface area contributed by atoms with Gasteiger partial charge in [0, 0.05) is 30.2 Å². The molecule has 68 valence electrons. The molecule has 1 unspecified atom stereocenters. The molecular formula is C8H15N3S. The molecule has 1 aromatic heterocycles. The van der Waals surface area contributed by atoms with Gasteiger partial charge in [-0.1, -0.05) is 0 Å². The van der Waals surface area contributed by atoms with Gasteiger partial charge >= 0.3 is 0 Å². The van der Waals surface area contributed by atoms with Crippen molar-refractivity contribution in [3.63, 3.8) is 0 Å². The maximum Gasteiger partial charge on any atom is 0.0794 e. The lowest BCUT2D eigenvalue weighted by atomic mass is 10.3. The van der Waals surface area contributed by atoms with Crippen LogP contribution in [0.5, 0.6) is 0 Å². The third kappa shape index (κ3) is 3.30. The minimum atomic E-state index is 0.526. The molecule has 1 heterocycles. The van der Waals surface area contributed by atoms with E-state index in [1.54, 1.807) is 11.3 Å². The molecule has 12 heavy (non-hydrogen) atoms. The molecule has 3 nitrogen and oxygen atoms in total. The lowest BCUT2D eigenvalue weighted by Crippen LogP contribution is -2.33. The van der Waals surface area contributed by atoms with Crippen LogP contribution in [0.4, 0.5) is 0 Å². The summed E-state index contributed by atoms with van der Waals surface area (Å²) < 4.78 is 0. The summed E-state index contributed by atoms with van der Waals surface area (Å²) in [6.07, 6.45) is 1.90. The van der Waals surface area contributed by atoms with Crippen molar-refractivity contribution in [3.8, 4) is 0 Å². The van der Waals surface area contributed by atoms with Crippen molar-refractivity contribution < 1.29 is 0 Å². The van der Waals surface area contributed by atoms with Crippen LogP contribution in [0, 0.1) is 0 Å². The SMILES string of the molecule is CNC(C)CNCc1cncs1. The predicted molar refractivity (Wildman–Crippen MR) is 52.3 cm³/mol. The monoisotopic (exact) mass is 185 g/mol. The second-order valence-electron chi connectivity index (χ2n) is 2.79. The van der Waals surface area contributed by atoms with E-state index >= 15 is 0 Å². The topological polar surface area (TPSA) is 37.0 Å². The highest BCUT2D eigenvalue weighted by molar-refractivity contribution is 7.09. The molecule has 0 aliphatic rings. The Hall–Kier alpha value is -0.450. The predicted octanol–water partition coefficient (Wildman–Crippen LogP) is 0.841. The summed E-state index contributed by atoms with van der Waals surface area (Å²) >= 11 is 1.69. The fraction of sp³-hybridized carbons (Fsp3) is 0.625. The van der Waals surface area contributed by atoms with Gasteiger partial charge in [0.15, 0.2) is 0 Å². The van der Waals surface area contributed by atoms with Gasteiger partial charge < -0.3 is 10.6 Å². The fourth-order valence-corrected chi connectivity index (χ4v) is 1.41. The van der Waals surface area contributed by atoms with Crippen LogP contribution in [0.25, 0.3) is 0 Å². The summed E-state index contributed by atoms with van der Waals surface area (Å²) in [7, 11) is 1.97. The van der Waals surface area contributed by atoms with Crippen molar-refractivity contribution in [1.29, 1.82) is 0 Å². The van der Waals surface area contributed by atoms with Gasteiger partial charge in [-0.15, -0.1) is 11.3 Å². The Kier molecular flexibility index (Phi) is 4.21. The molecule has 0 aliphatic carbocycles. The highest BCUT2D eigenvalue weighted by Gasteiger charge is 1.97. The third-order valence-electron chi connectivity index (χ3n) is 1.73. The van der Waals surface area contributed by atoms with E-state index in [1.165, 1.54) is 4.88 Å². The normalized spacial score (nSPS) is 13.2. The zero-order chi connectivity index (χ0) is 8.81. The Labute approximate surface area is 77.2 Å². The van der Waals surface area contributed by atoms with Gasteiger partial charge in [0.05, 0.1) is 5.51 Å². The molecule has 0 saturated carbocycles. The van der Waals surface area contributed by atoms with Crippen molar-refractivity contribution in [2.45, 2.75) is 19.5 Å². The van der Waals surface area contributed by atoms with E-state index in [-0.39, 0.29) is 0 Å². The molecule has 0 fully saturated rings. The van der Waals surface area contributed by atoms with E-state index in [9.17, 15) is 0 Å². The summed E-state index contributed by atoms with van der Waals surface area (Å²) in [6.45, 7) is 4.07. The van der Waals surface area contributed by atoms with Crippen LogP contribution in [0.3, 0.4) is 0 Å². The first-order valence-corrected chi connectivity index (χ1v) is 4.96. The van der Waals surface area contributed by atoms with E-state index in [0.717, 1.165) is 13.1 Å². The Balaban J connectivity index is 2.11. The van der Waals surface area contributed by atoms with Crippen LogP contribution < -0.4 is 10.6 Å². The van der Waals surface area contributed by atoms with Crippen LogP contribution in [0.1, 0.15) is 11.8 Å². The van der Waals surface area contributed by atoms with E-state index < -0.39 is 0 Å². The molecule has 0 spiro atoms. The molecule has 0 aromatic carbocycles. The van der Waals surface area contributed by atoms with Crippen LogP contribution >= 0.6 is 11.3 Å². The van der Waals surface area contributed by atoms with E-state index in [0.29, 0.717) is 6.04 Å². The van der Waals surface area contributed by atoms with Crippen LogP contribution in [0.2, 0.25) is 0 Å². The van der Waals surface area contributed by atoms with E-state index in [1.807, 2.05) is 18.8 Å². The first kappa shape index (κ1) is 9.64. The fourth-order valence-electron chi connectivity index (χ4n) is 0.843. The van der Waals surface area contributed by atoms with Gasteiger partial charge in [0.25, 0.3) is 0 Å². The van der Waals surface area contributed by atoms with Crippen molar-refractivity contribution >= 4 is 11.3 Å². The second-order valence-corrected chi connectivity index (χ2v) is 3.76. The molecule has 0 bridgehead atoms. The van der Waals surface area contributed by atoms with Gasteiger partial charge in [-0.2, -0.15) is 0 Å². The number of likely N-dealkylation sites (N-methyl/N-ethyl adjacent to an activating group) is 1.